The van der Waals surface area contributed by atoms with Gasteiger partial charge in [0.1, 0.15) is 18.1 Å². The molecule has 0 radical (unpaired) electrons. The number of methoxy groups -OCH3 is 1. The van der Waals surface area contributed by atoms with Crippen LogP contribution in [0.2, 0.25) is 0 Å². The van der Waals surface area contributed by atoms with Crippen molar-refractivity contribution in [3.63, 3.8) is 0 Å². The summed E-state index contributed by atoms with van der Waals surface area (Å²) in [5.74, 6) is 2.49. The van der Waals surface area contributed by atoms with Crippen molar-refractivity contribution in [3.05, 3.63) is 59.2 Å². The maximum atomic E-state index is 5.95. The zero-order valence-corrected chi connectivity index (χ0v) is 20.9. The number of aryl methyl sites for hydroxylation is 1. The average molecular weight is 527 g/mol. The number of benzene rings is 2. The molecule has 2 aromatic carbocycles. The van der Waals surface area contributed by atoms with Gasteiger partial charge in [-0.15, -0.1) is 24.0 Å². The van der Waals surface area contributed by atoms with E-state index in [2.05, 4.69) is 40.7 Å². The summed E-state index contributed by atoms with van der Waals surface area (Å²) in [5, 5.41) is 6.69. The van der Waals surface area contributed by atoms with E-state index in [4.69, 9.17) is 14.2 Å². The third-order valence-electron chi connectivity index (χ3n) is 4.19. The minimum absolute atomic E-state index is 0. The first kappa shape index (κ1) is 26.0. The van der Waals surface area contributed by atoms with Crippen LogP contribution < -0.4 is 20.1 Å². The van der Waals surface area contributed by atoms with E-state index in [-0.39, 0.29) is 30.1 Å². The van der Waals surface area contributed by atoms with Crippen molar-refractivity contribution in [2.75, 3.05) is 27.4 Å². The van der Waals surface area contributed by atoms with Gasteiger partial charge >= 0.3 is 0 Å². The van der Waals surface area contributed by atoms with E-state index >= 15 is 0 Å². The topological polar surface area (TPSA) is 64.1 Å². The zero-order valence-electron chi connectivity index (χ0n) is 18.5. The van der Waals surface area contributed by atoms with Crippen molar-refractivity contribution < 1.29 is 14.2 Å². The molecular formula is C23H34IN3O3. The molecule has 166 valence electrons. The number of hydrogen-bond donors (Lipinski definition) is 2. The third kappa shape index (κ3) is 9.21. The van der Waals surface area contributed by atoms with E-state index < -0.39 is 0 Å². The summed E-state index contributed by atoms with van der Waals surface area (Å²) < 4.78 is 16.5. The van der Waals surface area contributed by atoms with Gasteiger partial charge in [0.25, 0.3) is 0 Å². The van der Waals surface area contributed by atoms with E-state index in [9.17, 15) is 0 Å². The summed E-state index contributed by atoms with van der Waals surface area (Å²) >= 11 is 0. The molecule has 30 heavy (non-hydrogen) atoms. The van der Waals surface area contributed by atoms with Crippen molar-refractivity contribution in [1.82, 2.24) is 10.6 Å². The van der Waals surface area contributed by atoms with Crippen LogP contribution in [-0.2, 0) is 17.8 Å². The largest absolute Gasteiger partial charge is 0.491 e. The first-order valence-corrected chi connectivity index (χ1v) is 9.93. The van der Waals surface area contributed by atoms with Gasteiger partial charge in [0.15, 0.2) is 5.96 Å². The molecular weight excluding hydrogens is 493 g/mol. The Hall–Kier alpha value is -2.00. The van der Waals surface area contributed by atoms with Crippen molar-refractivity contribution in [2.24, 2.45) is 4.99 Å². The number of halogens is 1. The van der Waals surface area contributed by atoms with Crippen LogP contribution in [-0.4, -0.2) is 39.4 Å². The quantitative estimate of drug-likeness (QED) is 0.209. The van der Waals surface area contributed by atoms with Gasteiger partial charge in [-0.05, 0) is 50.1 Å². The second kappa shape index (κ2) is 14.1. The molecule has 7 heteroatoms. The van der Waals surface area contributed by atoms with Gasteiger partial charge in [-0.2, -0.15) is 0 Å². The molecule has 0 aliphatic rings. The molecule has 0 unspecified atom stereocenters. The number of hydrogen-bond acceptors (Lipinski definition) is 4. The third-order valence-corrected chi connectivity index (χ3v) is 4.19. The molecule has 0 saturated carbocycles. The normalized spacial score (nSPS) is 11.1. The predicted molar refractivity (Wildman–Crippen MR) is 133 cm³/mol. The molecule has 0 aliphatic heterocycles. The lowest BCUT2D eigenvalue weighted by Crippen LogP contribution is -2.36. The van der Waals surface area contributed by atoms with Crippen LogP contribution >= 0.6 is 24.0 Å². The highest BCUT2D eigenvalue weighted by atomic mass is 127. The van der Waals surface area contributed by atoms with Gasteiger partial charge in [-0.3, -0.25) is 4.99 Å². The lowest BCUT2D eigenvalue weighted by Gasteiger charge is -2.17. The number of nitrogens with zero attached hydrogens (tertiary/aromatic N) is 1. The van der Waals surface area contributed by atoms with E-state index in [1.54, 1.807) is 14.2 Å². The maximum absolute atomic E-state index is 5.95. The highest BCUT2D eigenvalue weighted by Gasteiger charge is 2.07. The smallest absolute Gasteiger partial charge is 0.191 e. The molecule has 6 nitrogen and oxygen atoms in total. The summed E-state index contributed by atoms with van der Waals surface area (Å²) in [6.45, 7) is 8.57. The SMILES string of the molecule is CN=C(NCc1ccc(OCCOC)cc1)NCc1ccc(C)cc1OC(C)C.I. The maximum Gasteiger partial charge on any atom is 0.191 e. The van der Waals surface area contributed by atoms with E-state index in [1.807, 2.05) is 38.1 Å². The van der Waals surface area contributed by atoms with Crippen LogP contribution in [0.15, 0.2) is 47.5 Å². The standard InChI is InChI=1S/C23H33N3O3.HI/c1-17(2)29-22-14-18(3)6-9-20(22)16-26-23(24-4)25-15-19-7-10-21(11-8-19)28-13-12-27-5;/h6-11,14,17H,12-13,15-16H2,1-5H3,(H2,24,25,26);1H. The molecule has 0 spiro atoms. The Morgan fingerprint density at radius 2 is 1.70 bits per heavy atom. The Balaban J connectivity index is 0.00000450. The Morgan fingerprint density at radius 3 is 2.33 bits per heavy atom. The number of nitrogens with one attached hydrogen (secondary N) is 2. The fourth-order valence-corrected chi connectivity index (χ4v) is 2.70. The second-order valence-electron chi connectivity index (χ2n) is 7.04. The number of guanidine groups is 1. The van der Waals surface area contributed by atoms with Crippen molar-refractivity contribution in [1.29, 1.82) is 0 Å². The summed E-state index contributed by atoms with van der Waals surface area (Å²) in [6.07, 6.45) is 0.134. The zero-order chi connectivity index (χ0) is 21.1. The van der Waals surface area contributed by atoms with E-state index in [1.165, 1.54) is 5.56 Å². The summed E-state index contributed by atoms with van der Waals surface area (Å²) in [6, 6.07) is 14.3. The summed E-state index contributed by atoms with van der Waals surface area (Å²) in [4.78, 5) is 4.31. The van der Waals surface area contributed by atoms with Crippen molar-refractivity contribution in [2.45, 2.75) is 40.0 Å². The average Bonchev–Trinajstić information content (AvgIpc) is 2.70. The highest BCUT2D eigenvalue weighted by molar-refractivity contribution is 14.0. The molecule has 0 heterocycles. The van der Waals surface area contributed by atoms with Crippen LogP contribution in [0, 0.1) is 6.92 Å². The van der Waals surface area contributed by atoms with Crippen LogP contribution in [0.25, 0.3) is 0 Å². The Kier molecular flexibility index (Phi) is 12.2. The molecule has 0 atom stereocenters. The number of rotatable bonds is 10. The monoisotopic (exact) mass is 527 g/mol. The minimum atomic E-state index is 0. The van der Waals surface area contributed by atoms with Gasteiger partial charge in [0.2, 0.25) is 0 Å². The molecule has 2 N–H and O–H groups in total. The molecule has 0 aliphatic carbocycles. The highest BCUT2D eigenvalue weighted by Crippen LogP contribution is 2.21. The number of ether oxygens (including phenoxy) is 3. The molecule has 0 aromatic heterocycles. The summed E-state index contributed by atoms with van der Waals surface area (Å²) in [7, 11) is 3.43. The Bertz CT molecular complexity index is 780. The van der Waals surface area contributed by atoms with Crippen LogP contribution in [0.3, 0.4) is 0 Å². The van der Waals surface area contributed by atoms with Crippen molar-refractivity contribution in [3.8, 4) is 11.5 Å². The minimum Gasteiger partial charge on any atom is -0.491 e. The van der Waals surface area contributed by atoms with Crippen LogP contribution in [0.5, 0.6) is 11.5 Å². The van der Waals surface area contributed by atoms with Crippen molar-refractivity contribution >= 4 is 29.9 Å². The van der Waals surface area contributed by atoms with Gasteiger partial charge < -0.3 is 24.8 Å². The molecule has 2 rings (SSSR count). The predicted octanol–water partition coefficient (Wildman–Crippen LogP) is 4.29. The second-order valence-corrected chi connectivity index (χ2v) is 7.04. The van der Waals surface area contributed by atoms with Gasteiger partial charge in [-0.1, -0.05) is 24.3 Å². The first-order valence-electron chi connectivity index (χ1n) is 9.93. The fraction of sp³-hybridized carbons (Fsp3) is 0.435. The lowest BCUT2D eigenvalue weighted by atomic mass is 10.1. The van der Waals surface area contributed by atoms with E-state index in [0.717, 1.165) is 28.6 Å². The molecule has 0 saturated heterocycles. The molecule has 0 amide bonds. The van der Waals surface area contributed by atoms with E-state index in [0.29, 0.717) is 26.3 Å². The fourth-order valence-electron chi connectivity index (χ4n) is 2.70. The lowest BCUT2D eigenvalue weighted by molar-refractivity contribution is 0.146. The van der Waals surface area contributed by atoms with Crippen LogP contribution in [0.4, 0.5) is 0 Å². The van der Waals surface area contributed by atoms with Gasteiger partial charge in [0.05, 0.1) is 12.7 Å². The summed E-state index contributed by atoms with van der Waals surface area (Å²) in [5.41, 5.74) is 3.43. The van der Waals surface area contributed by atoms with Gasteiger partial charge in [0, 0.05) is 32.8 Å². The molecule has 0 fully saturated rings. The Labute approximate surface area is 197 Å². The van der Waals surface area contributed by atoms with Crippen LogP contribution in [0.1, 0.15) is 30.5 Å². The molecule has 0 bridgehead atoms. The Morgan fingerprint density at radius 1 is 1.00 bits per heavy atom. The number of aliphatic imine (C=N–C) groups is 1. The van der Waals surface area contributed by atoms with Gasteiger partial charge in [-0.25, -0.2) is 0 Å². The first-order chi connectivity index (χ1) is 14.0. The molecule has 2 aromatic rings.